The summed E-state index contributed by atoms with van der Waals surface area (Å²) in [6, 6.07) is 28.9. The molecule has 0 saturated heterocycles. The van der Waals surface area contributed by atoms with Crippen LogP contribution in [-0.2, 0) is 38.5 Å². The van der Waals surface area contributed by atoms with Gasteiger partial charge in [-0.15, -0.1) is 0 Å². The lowest BCUT2D eigenvalue weighted by Crippen LogP contribution is -2.45. The first-order valence-corrected chi connectivity index (χ1v) is 15.1. The van der Waals surface area contributed by atoms with Gasteiger partial charge in [-0.05, 0) is 48.8 Å². The summed E-state index contributed by atoms with van der Waals surface area (Å²) in [6.45, 7) is 0.431. The van der Waals surface area contributed by atoms with Gasteiger partial charge in [0.15, 0.2) is 0 Å². The number of hydrogen-bond acceptors (Lipinski definition) is 5. The number of nitrogens with zero attached hydrogens (tertiary/aromatic N) is 1. The van der Waals surface area contributed by atoms with Crippen LogP contribution in [0.25, 0.3) is 0 Å². The largest absolute Gasteiger partial charge is 0.463 e. The number of ether oxygens (including phenoxy) is 1. The molecular formula is C36H42N2O5. The highest BCUT2D eigenvalue weighted by Crippen LogP contribution is 2.20. The Morgan fingerprint density at radius 1 is 0.814 bits per heavy atom. The molecule has 1 aliphatic rings. The number of esters is 1. The molecule has 0 aromatic heterocycles. The third kappa shape index (κ3) is 10.5. The maximum Gasteiger partial charge on any atom is 0.309 e. The molecule has 0 radical (unpaired) electrons. The first-order valence-electron chi connectivity index (χ1n) is 15.1. The van der Waals surface area contributed by atoms with E-state index in [1.54, 1.807) is 4.90 Å². The molecule has 1 heterocycles. The van der Waals surface area contributed by atoms with Crippen LogP contribution in [0.2, 0.25) is 0 Å². The second-order valence-electron chi connectivity index (χ2n) is 11.1. The van der Waals surface area contributed by atoms with E-state index in [2.05, 4.69) is 5.32 Å². The van der Waals surface area contributed by atoms with Crippen LogP contribution in [0, 0.1) is 11.8 Å². The molecule has 1 aliphatic heterocycles. The van der Waals surface area contributed by atoms with Crippen molar-refractivity contribution in [3.05, 3.63) is 120 Å². The highest BCUT2D eigenvalue weighted by molar-refractivity contribution is 5.86. The Bertz CT molecular complexity index is 1310. The number of rotatable bonds is 10. The van der Waals surface area contributed by atoms with Crippen LogP contribution >= 0.6 is 0 Å². The van der Waals surface area contributed by atoms with Gasteiger partial charge < -0.3 is 20.1 Å². The average molecular weight is 583 g/mol. The van der Waals surface area contributed by atoms with Crippen LogP contribution < -0.4 is 5.32 Å². The Kier molecular flexibility index (Phi) is 12.5. The van der Waals surface area contributed by atoms with Crippen LogP contribution in [0.1, 0.15) is 42.4 Å². The van der Waals surface area contributed by atoms with E-state index < -0.39 is 12.0 Å². The zero-order chi connectivity index (χ0) is 30.3. The molecule has 0 aliphatic carbocycles. The normalized spacial score (nSPS) is 19.7. The molecule has 226 valence electrons. The molecule has 0 spiro atoms. The number of cyclic esters (lactones) is 1. The molecule has 3 aromatic carbocycles. The molecule has 7 nitrogen and oxygen atoms in total. The van der Waals surface area contributed by atoms with Gasteiger partial charge in [0.05, 0.1) is 24.5 Å². The van der Waals surface area contributed by atoms with E-state index in [1.807, 2.05) is 103 Å². The quantitative estimate of drug-likeness (QED) is 0.262. The van der Waals surface area contributed by atoms with E-state index >= 15 is 0 Å². The molecule has 7 heteroatoms. The number of hydrogen-bond donors (Lipinski definition) is 2. The molecule has 3 aromatic rings. The van der Waals surface area contributed by atoms with Gasteiger partial charge in [-0.3, -0.25) is 14.4 Å². The van der Waals surface area contributed by atoms with Crippen LogP contribution in [0.4, 0.5) is 0 Å². The number of carbonyl (C=O) groups excluding carboxylic acids is 3. The van der Waals surface area contributed by atoms with Crippen LogP contribution in [-0.4, -0.2) is 53.6 Å². The summed E-state index contributed by atoms with van der Waals surface area (Å²) in [5.74, 6) is -1.61. The van der Waals surface area contributed by atoms with Crippen molar-refractivity contribution in [2.75, 3.05) is 19.8 Å². The van der Waals surface area contributed by atoms with Gasteiger partial charge in [0.2, 0.25) is 11.8 Å². The maximum atomic E-state index is 13.7. The Hall–Kier alpha value is -4.23. The zero-order valence-electron chi connectivity index (χ0n) is 24.6. The van der Waals surface area contributed by atoms with E-state index in [4.69, 9.17) is 4.74 Å². The lowest BCUT2D eigenvalue weighted by molar-refractivity contribution is -0.150. The third-order valence-electron chi connectivity index (χ3n) is 7.76. The van der Waals surface area contributed by atoms with Crippen molar-refractivity contribution in [1.82, 2.24) is 10.2 Å². The van der Waals surface area contributed by atoms with E-state index in [0.29, 0.717) is 38.6 Å². The standard InChI is InChI=1S/C36H42N2O5/c39-22-21-38(26-30-17-9-3-10-18-30)34(40)25-31-19-11-4-12-20-32(23-28-13-5-1-6-14-28)36(42)43-27-33(37-35(31)41)24-29-15-7-2-8-16-29/h1-11,13-18,31-33,39H,12,19-27H2,(H,37,41)/t31-,32-,33-/m1/s1. The summed E-state index contributed by atoms with van der Waals surface area (Å²) in [5.41, 5.74) is 3.05. The zero-order valence-corrected chi connectivity index (χ0v) is 24.6. The number of aliphatic hydroxyl groups excluding tert-OH is 1. The van der Waals surface area contributed by atoms with Crippen LogP contribution in [0.3, 0.4) is 0 Å². The molecule has 0 unspecified atom stereocenters. The molecule has 0 fully saturated rings. The van der Waals surface area contributed by atoms with Gasteiger partial charge in [0.25, 0.3) is 0 Å². The van der Waals surface area contributed by atoms with Crippen molar-refractivity contribution >= 4 is 17.8 Å². The van der Waals surface area contributed by atoms with Gasteiger partial charge in [-0.1, -0.05) is 103 Å². The number of nitrogens with one attached hydrogen (secondary N) is 1. The minimum atomic E-state index is -0.601. The fraction of sp³-hybridized carbons (Fsp3) is 0.361. The summed E-state index contributed by atoms with van der Waals surface area (Å²) in [4.78, 5) is 42.0. The lowest BCUT2D eigenvalue weighted by atomic mass is 9.94. The van der Waals surface area contributed by atoms with Crippen LogP contribution in [0.15, 0.2) is 103 Å². The first kappa shape index (κ1) is 31.7. The van der Waals surface area contributed by atoms with Crippen molar-refractivity contribution in [1.29, 1.82) is 0 Å². The van der Waals surface area contributed by atoms with Gasteiger partial charge in [-0.2, -0.15) is 0 Å². The van der Waals surface area contributed by atoms with E-state index in [0.717, 1.165) is 16.7 Å². The fourth-order valence-corrected chi connectivity index (χ4v) is 5.39. The van der Waals surface area contributed by atoms with E-state index in [1.165, 1.54) is 0 Å². The predicted molar refractivity (Wildman–Crippen MR) is 167 cm³/mol. The van der Waals surface area contributed by atoms with E-state index in [-0.39, 0.29) is 49.9 Å². The number of carbonyl (C=O) groups is 3. The Labute approximate surface area is 254 Å². The molecule has 3 atom stereocenters. The highest BCUT2D eigenvalue weighted by atomic mass is 16.5. The summed E-state index contributed by atoms with van der Waals surface area (Å²) in [5, 5.41) is 12.7. The SMILES string of the molecule is O=C1N[C@H](Cc2ccccc2)COC(=O)[C@@H](Cc2ccccc2)CCC=CC[C@@H]1CC(=O)N(CCO)Cc1ccccc1. The Morgan fingerprint density at radius 3 is 2.05 bits per heavy atom. The summed E-state index contributed by atoms with van der Waals surface area (Å²) < 4.78 is 5.85. The molecular weight excluding hydrogens is 540 g/mol. The molecule has 2 amide bonds. The second-order valence-corrected chi connectivity index (χ2v) is 11.1. The third-order valence-corrected chi connectivity index (χ3v) is 7.76. The van der Waals surface area contributed by atoms with Crippen molar-refractivity contribution in [3.8, 4) is 0 Å². The molecule has 4 rings (SSSR count). The highest BCUT2D eigenvalue weighted by Gasteiger charge is 2.28. The van der Waals surface area contributed by atoms with Crippen molar-refractivity contribution < 1.29 is 24.2 Å². The molecule has 2 N–H and O–H groups in total. The minimum absolute atomic E-state index is 0.0114. The van der Waals surface area contributed by atoms with Crippen LogP contribution in [0.5, 0.6) is 0 Å². The molecule has 43 heavy (non-hydrogen) atoms. The fourth-order valence-electron chi connectivity index (χ4n) is 5.39. The smallest absolute Gasteiger partial charge is 0.309 e. The van der Waals surface area contributed by atoms with E-state index in [9.17, 15) is 19.5 Å². The van der Waals surface area contributed by atoms with Gasteiger partial charge >= 0.3 is 5.97 Å². The van der Waals surface area contributed by atoms with Crippen molar-refractivity contribution in [2.24, 2.45) is 11.8 Å². The first-order chi connectivity index (χ1) is 21.0. The number of amides is 2. The van der Waals surface area contributed by atoms with Gasteiger partial charge in [0.1, 0.15) is 6.61 Å². The summed E-state index contributed by atoms with van der Waals surface area (Å²) in [6.07, 6.45) is 6.70. The maximum absolute atomic E-state index is 13.7. The van der Waals surface area contributed by atoms with Crippen molar-refractivity contribution in [3.63, 3.8) is 0 Å². The number of aliphatic hydroxyl groups is 1. The molecule has 0 saturated carbocycles. The second kappa shape index (κ2) is 17.0. The average Bonchev–Trinajstić information content (AvgIpc) is 3.03. The number of allylic oxidation sites excluding steroid dienone is 2. The summed E-state index contributed by atoms with van der Waals surface area (Å²) >= 11 is 0. The molecule has 0 bridgehead atoms. The van der Waals surface area contributed by atoms with Crippen molar-refractivity contribution in [2.45, 2.75) is 51.1 Å². The van der Waals surface area contributed by atoms with Gasteiger partial charge in [-0.25, -0.2) is 0 Å². The topological polar surface area (TPSA) is 95.9 Å². The summed E-state index contributed by atoms with van der Waals surface area (Å²) in [7, 11) is 0. The number of benzene rings is 3. The van der Waals surface area contributed by atoms with Gasteiger partial charge in [0, 0.05) is 19.5 Å². The Morgan fingerprint density at radius 2 is 1.42 bits per heavy atom. The monoisotopic (exact) mass is 582 g/mol. The predicted octanol–water partition coefficient (Wildman–Crippen LogP) is 4.88. The minimum Gasteiger partial charge on any atom is -0.463 e. The lowest BCUT2D eigenvalue weighted by Gasteiger charge is -2.26. The Balaban J connectivity index is 1.52.